The molecule has 0 radical (unpaired) electrons. The monoisotopic (exact) mass is 233 g/mol. The van der Waals surface area contributed by atoms with Gasteiger partial charge in [-0.15, -0.1) is 0 Å². The molecular formula is C14H19NO2. The molecule has 1 saturated heterocycles. The predicted octanol–water partition coefficient (Wildman–Crippen LogP) is 2.16. The number of hydrogen-bond donors (Lipinski definition) is 0. The number of carbonyl (C=O) groups is 1. The van der Waals surface area contributed by atoms with Crippen LogP contribution in [0.4, 0.5) is 0 Å². The zero-order valence-corrected chi connectivity index (χ0v) is 10.7. The summed E-state index contributed by atoms with van der Waals surface area (Å²) >= 11 is 0. The SMILES string of the molecule is Cc1ccc(C(=O)OC2CCN(C)C2)cc1C. The fourth-order valence-corrected chi connectivity index (χ4v) is 2.08. The molecule has 0 spiro atoms. The molecule has 0 saturated carbocycles. The predicted molar refractivity (Wildman–Crippen MR) is 67.2 cm³/mol. The van der Waals surface area contributed by atoms with Crippen molar-refractivity contribution in [1.82, 2.24) is 4.90 Å². The molecule has 0 aliphatic carbocycles. The van der Waals surface area contributed by atoms with Crippen LogP contribution in [0.2, 0.25) is 0 Å². The normalized spacial score (nSPS) is 20.5. The van der Waals surface area contributed by atoms with Gasteiger partial charge in [0.15, 0.2) is 0 Å². The van der Waals surface area contributed by atoms with E-state index in [-0.39, 0.29) is 12.1 Å². The second-order valence-electron chi connectivity index (χ2n) is 4.88. The van der Waals surface area contributed by atoms with Crippen molar-refractivity contribution in [1.29, 1.82) is 0 Å². The smallest absolute Gasteiger partial charge is 0.338 e. The lowest BCUT2D eigenvalue weighted by Crippen LogP contribution is -2.22. The topological polar surface area (TPSA) is 29.5 Å². The number of likely N-dealkylation sites (N-methyl/N-ethyl adjacent to an activating group) is 1. The van der Waals surface area contributed by atoms with Crippen molar-refractivity contribution < 1.29 is 9.53 Å². The number of rotatable bonds is 2. The average molecular weight is 233 g/mol. The number of likely N-dealkylation sites (tertiary alicyclic amines) is 1. The fourth-order valence-electron chi connectivity index (χ4n) is 2.08. The molecule has 0 bridgehead atoms. The summed E-state index contributed by atoms with van der Waals surface area (Å²) in [4.78, 5) is 14.1. The molecule has 0 N–H and O–H groups in total. The van der Waals surface area contributed by atoms with Crippen molar-refractivity contribution in [3.8, 4) is 0 Å². The minimum absolute atomic E-state index is 0.0501. The molecule has 3 heteroatoms. The first kappa shape index (κ1) is 12.1. The zero-order chi connectivity index (χ0) is 12.4. The molecule has 17 heavy (non-hydrogen) atoms. The highest BCUT2D eigenvalue weighted by atomic mass is 16.5. The Labute approximate surface area is 102 Å². The molecule has 1 atom stereocenters. The van der Waals surface area contributed by atoms with Gasteiger partial charge in [0.25, 0.3) is 0 Å². The van der Waals surface area contributed by atoms with Gasteiger partial charge in [-0.1, -0.05) is 6.07 Å². The third-order valence-corrected chi connectivity index (χ3v) is 3.36. The summed E-state index contributed by atoms with van der Waals surface area (Å²) in [6.07, 6.45) is 0.988. The van der Waals surface area contributed by atoms with Crippen LogP contribution in [0, 0.1) is 13.8 Å². The largest absolute Gasteiger partial charge is 0.457 e. The maximum atomic E-state index is 11.9. The molecule has 3 nitrogen and oxygen atoms in total. The van der Waals surface area contributed by atoms with Crippen molar-refractivity contribution in [3.63, 3.8) is 0 Å². The van der Waals surface area contributed by atoms with Crippen LogP contribution in [0.3, 0.4) is 0 Å². The first-order valence-electron chi connectivity index (χ1n) is 6.03. The van der Waals surface area contributed by atoms with E-state index in [1.54, 1.807) is 0 Å². The number of carbonyl (C=O) groups excluding carboxylic acids is 1. The Morgan fingerprint density at radius 3 is 2.71 bits per heavy atom. The number of benzene rings is 1. The van der Waals surface area contributed by atoms with Gasteiger partial charge in [-0.05, 0) is 50.6 Å². The lowest BCUT2D eigenvalue weighted by Gasteiger charge is -2.12. The summed E-state index contributed by atoms with van der Waals surface area (Å²) in [5, 5.41) is 0. The molecule has 0 amide bonds. The van der Waals surface area contributed by atoms with Gasteiger partial charge in [0.2, 0.25) is 0 Å². The number of esters is 1. The number of aryl methyl sites for hydroxylation is 2. The van der Waals surface area contributed by atoms with Crippen molar-refractivity contribution >= 4 is 5.97 Å². The maximum absolute atomic E-state index is 11.9. The van der Waals surface area contributed by atoms with Gasteiger partial charge in [-0.3, -0.25) is 0 Å². The Hall–Kier alpha value is -1.35. The highest BCUT2D eigenvalue weighted by Gasteiger charge is 2.23. The second-order valence-corrected chi connectivity index (χ2v) is 4.88. The van der Waals surface area contributed by atoms with Crippen molar-refractivity contribution in [2.45, 2.75) is 26.4 Å². The zero-order valence-electron chi connectivity index (χ0n) is 10.7. The van der Waals surface area contributed by atoms with Crippen LogP contribution in [0.1, 0.15) is 27.9 Å². The van der Waals surface area contributed by atoms with Gasteiger partial charge in [0.05, 0.1) is 5.56 Å². The highest BCUT2D eigenvalue weighted by Crippen LogP contribution is 2.15. The van der Waals surface area contributed by atoms with Crippen LogP contribution in [0.25, 0.3) is 0 Å². The van der Waals surface area contributed by atoms with E-state index in [0.717, 1.165) is 25.1 Å². The Morgan fingerprint density at radius 2 is 2.12 bits per heavy atom. The summed E-state index contributed by atoms with van der Waals surface area (Å²) in [6.45, 7) is 5.90. The van der Waals surface area contributed by atoms with E-state index in [9.17, 15) is 4.79 Å². The molecule has 1 unspecified atom stereocenters. The molecule has 1 heterocycles. The van der Waals surface area contributed by atoms with E-state index in [4.69, 9.17) is 4.74 Å². The van der Waals surface area contributed by atoms with E-state index in [1.165, 1.54) is 5.56 Å². The first-order valence-corrected chi connectivity index (χ1v) is 6.03. The van der Waals surface area contributed by atoms with Gasteiger partial charge in [-0.2, -0.15) is 0 Å². The van der Waals surface area contributed by atoms with E-state index in [1.807, 2.05) is 39.1 Å². The van der Waals surface area contributed by atoms with Gasteiger partial charge in [0, 0.05) is 13.1 Å². The van der Waals surface area contributed by atoms with Crippen molar-refractivity contribution in [3.05, 3.63) is 34.9 Å². The third kappa shape index (κ3) is 2.86. The molecule has 1 aliphatic rings. The summed E-state index contributed by atoms with van der Waals surface area (Å²) < 4.78 is 5.48. The van der Waals surface area contributed by atoms with Crippen molar-refractivity contribution in [2.75, 3.05) is 20.1 Å². The molecule has 1 fully saturated rings. The van der Waals surface area contributed by atoms with Crippen LogP contribution in [-0.4, -0.2) is 37.1 Å². The van der Waals surface area contributed by atoms with Crippen LogP contribution in [0.5, 0.6) is 0 Å². The molecule has 92 valence electrons. The molecule has 2 rings (SSSR count). The standard InChI is InChI=1S/C14H19NO2/c1-10-4-5-12(8-11(10)2)14(16)17-13-6-7-15(3)9-13/h4-5,8,13H,6-7,9H2,1-3H3. The van der Waals surface area contributed by atoms with Crippen LogP contribution in [0.15, 0.2) is 18.2 Å². The number of ether oxygens (including phenoxy) is 1. The van der Waals surface area contributed by atoms with Crippen LogP contribution >= 0.6 is 0 Å². The molecule has 1 aliphatic heterocycles. The van der Waals surface area contributed by atoms with Gasteiger partial charge < -0.3 is 9.64 Å². The van der Waals surface area contributed by atoms with E-state index in [0.29, 0.717) is 5.56 Å². The van der Waals surface area contributed by atoms with Crippen molar-refractivity contribution in [2.24, 2.45) is 0 Å². The average Bonchev–Trinajstić information content (AvgIpc) is 2.68. The molecular weight excluding hydrogens is 214 g/mol. The van der Waals surface area contributed by atoms with Gasteiger partial charge >= 0.3 is 5.97 Å². The minimum atomic E-state index is -0.201. The third-order valence-electron chi connectivity index (χ3n) is 3.36. The molecule has 1 aromatic carbocycles. The minimum Gasteiger partial charge on any atom is -0.457 e. The van der Waals surface area contributed by atoms with Gasteiger partial charge in [-0.25, -0.2) is 4.79 Å². The van der Waals surface area contributed by atoms with E-state index < -0.39 is 0 Å². The summed E-state index contributed by atoms with van der Waals surface area (Å²) in [5.41, 5.74) is 2.98. The number of hydrogen-bond acceptors (Lipinski definition) is 3. The molecule has 0 aromatic heterocycles. The van der Waals surface area contributed by atoms with Gasteiger partial charge in [0.1, 0.15) is 6.10 Å². The summed E-state index contributed by atoms with van der Waals surface area (Å²) in [7, 11) is 2.05. The fraction of sp³-hybridized carbons (Fsp3) is 0.500. The maximum Gasteiger partial charge on any atom is 0.338 e. The Bertz CT molecular complexity index is 428. The lowest BCUT2D eigenvalue weighted by molar-refractivity contribution is 0.0327. The van der Waals surface area contributed by atoms with E-state index in [2.05, 4.69) is 4.90 Å². The number of nitrogens with zero attached hydrogens (tertiary/aromatic N) is 1. The van der Waals surface area contributed by atoms with E-state index >= 15 is 0 Å². The Kier molecular flexibility index (Phi) is 3.48. The van der Waals surface area contributed by atoms with Crippen LogP contribution in [-0.2, 0) is 4.74 Å². The Balaban J connectivity index is 2.02. The molecule has 1 aromatic rings. The quantitative estimate of drug-likeness (QED) is 0.733. The first-order chi connectivity index (χ1) is 8.06. The summed E-state index contributed by atoms with van der Waals surface area (Å²) in [5.74, 6) is -0.201. The second kappa shape index (κ2) is 4.88. The highest BCUT2D eigenvalue weighted by molar-refractivity contribution is 5.89. The lowest BCUT2D eigenvalue weighted by atomic mass is 10.1. The van der Waals surface area contributed by atoms with Crippen LogP contribution < -0.4 is 0 Å². The Morgan fingerprint density at radius 1 is 1.35 bits per heavy atom. The summed E-state index contributed by atoms with van der Waals surface area (Å²) in [6, 6.07) is 5.70.